The SMILES string of the molecule is Oc1ccc(O)n1CCCCCSn1cnc2ccccc21. The van der Waals surface area contributed by atoms with Gasteiger partial charge in [0.1, 0.15) is 6.33 Å². The van der Waals surface area contributed by atoms with Gasteiger partial charge >= 0.3 is 0 Å². The molecule has 0 unspecified atom stereocenters. The summed E-state index contributed by atoms with van der Waals surface area (Å²) in [6, 6.07) is 11.1. The summed E-state index contributed by atoms with van der Waals surface area (Å²) < 4.78 is 3.63. The lowest BCUT2D eigenvalue weighted by Crippen LogP contribution is -1.97. The maximum atomic E-state index is 9.55. The van der Waals surface area contributed by atoms with Crippen molar-refractivity contribution in [2.45, 2.75) is 25.8 Å². The topological polar surface area (TPSA) is 63.2 Å². The van der Waals surface area contributed by atoms with Gasteiger partial charge in [0.25, 0.3) is 0 Å². The molecule has 0 radical (unpaired) electrons. The third kappa shape index (κ3) is 3.22. The molecule has 0 spiro atoms. The predicted molar refractivity (Wildman–Crippen MR) is 89.2 cm³/mol. The van der Waals surface area contributed by atoms with Crippen LogP contribution < -0.4 is 0 Å². The van der Waals surface area contributed by atoms with Gasteiger partial charge in [-0.05, 0) is 36.9 Å². The van der Waals surface area contributed by atoms with E-state index in [4.69, 9.17) is 0 Å². The number of hydrogen-bond acceptors (Lipinski definition) is 4. The first-order chi connectivity index (χ1) is 10.8. The molecule has 0 aliphatic heterocycles. The van der Waals surface area contributed by atoms with E-state index in [1.165, 1.54) is 16.7 Å². The lowest BCUT2D eigenvalue weighted by Gasteiger charge is -2.07. The van der Waals surface area contributed by atoms with E-state index >= 15 is 0 Å². The van der Waals surface area contributed by atoms with Crippen LogP contribution in [0, 0.1) is 0 Å². The fourth-order valence-corrected chi connectivity index (χ4v) is 3.36. The third-order valence-electron chi connectivity index (χ3n) is 3.61. The van der Waals surface area contributed by atoms with Crippen LogP contribution in [0.15, 0.2) is 42.7 Å². The van der Waals surface area contributed by atoms with Crippen LogP contribution in [0.4, 0.5) is 0 Å². The Labute approximate surface area is 133 Å². The molecular formula is C16H19N3O2S. The Kier molecular flexibility index (Phi) is 4.58. The van der Waals surface area contributed by atoms with E-state index in [0.717, 1.165) is 36.0 Å². The van der Waals surface area contributed by atoms with Gasteiger partial charge in [0, 0.05) is 24.4 Å². The minimum absolute atomic E-state index is 0.122. The predicted octanol–water partition coefficient (Wildman–Crippen LogP) is 3.62. The van der Waals surface area contributed by atoms with Crippen LogP contribution in [0.5, 0.6) is 11.8 Å². The molecule has 22 heavy (non-hydrogen) atoms. The number of imidazole rings is 1. The number of para-hydroxylation sites is 2. The van der Waals surface area contributed by atoms with E-state index in [1.54, 1.807) is 11.9 Å². The number of rotatable bonds is 7. The van der Waals surface area contributed by atoms with Crippen molar-refractivity contribution in [2.75, 3.05) is 5.75 Å². The molecule has 0 aliphatic carbocycles. The molecule has 0 bridgehead atoms. The second-order valence-electron chi connectivity index (χ2n) is 5.15. The lowest BCUT2D eigenvalue weighted by molar-refractivity contribution is 0.362. The Bertz CT molecular complexity index is 731. The van der Waals surface area contributed by atoms with E-state index in [-0.39, 0.29) is 11.8 Å². The van der Waals surface area contributed by atoms with Gasteiger partial charge in [-0.2, -0.15) is 0 Å². The van der Waals surface area contributed by atoms with Crippen LogP contribution in [0.2, 0.25) is 0 Å². The number of fused-ring (bicyclic) bond motifs is 1. The molecule has 0 aliphatic rings. The van der Waals surface area contributed by atoms with E-state index in [1.807, 2.05) is 24.5 Å². The summed E-state index contributed by atoms with van der Waals surface area (Å²) in [5.74, 6) is 1.26. The molecule has 1 aromatic carbocycles. The Morgan fingerprint density at radius 2 is 1.73 bits per heavy atom. The smallest absolute Gasteiger partial charge is 0.193 e. The summed E-state index contributed by atoms with van der Waals surface area (Å²) in [6.07, 6.45) is 4.93. The molecule has 0 fully saturated rings. The molecule has 2 aromatic heterocycles. The van der Waals surface area contributed by atoms with Gasteiger partial charge in [0.05, 0.1) is 11.0 Å². The van der Waals surface area contributed by atoms with Crippen LogP contribution in [0.25, 0.3) is 11.0 Å². The van der Waals surface area contributed by atoms with Gasteiger partial charge in [-0.1, -0.05) is 18.6 Å². The fourth-order valence-electron chi connectivity index (χ4n) is 2.43. The summed E-state index contributed by atoms with van der Waals surface area (Å²) in [5.41, 5.74) is 2.17. The van der Waals surface area contributed by atoms with Crippen LogP contribution in [-0.2, 0) is 6.54 Å². The van der Waals surface area contributed by atoms with Gasteiger partial charge in [-0.15, -0.1) is 0 Å². The molecule has 116 valence electrons. The van der Waals surface area contributed by atoms with E-state index < -0.39 is 0 Å². The average Bonchev–Trinajstić information content (AvgIpc) is 3.08. The standard InChI is InChI=1S/C16H19N3O2S/c20-15-8-9-16(21)18(15)10-4-1-5-11-22-19-12-17-13-6-2-3-7-14(13)19/h2-3,6-9,12,20-21H,1,4-5,10-11H2. The maximum absolute atomic E-state index is 9.55. The minimum Gasteiger partial charge on any atom is -0.494 e. The molecule has 2 N–H and O–H groups in total. The number of unbranched alkanes of at least 4 members (excludes halogenated alkanes) is 2. The van der Waals surface area contributed by atoms with Crippen molar-refractivity contribution in [1.29, 1.82) is 0 Å². The minimum atomic E-state index is 0.122. The van der Waals surface area contributed by atoms with Crippen molar-refractivity contribution in [3.05, 3.63) is 42.7 Å². The molecule has 5 nitrogen and oxygen atoms in total. The molecule has 2 heterocycles. The summed E-state index contributed by atoms with van der Waals surface area (Å²) in [4.78, 5) is 4.37. The second-order valence-corrected chi connectivity index (χ2v) is 6.21. The number of nitrogens with zero attached hydrogens (tertiary/aromatic N) is 3. The fraction of sp³-hybridized carbons (Fsp3) is 0.312. The number of hydrogen-bond donors (Lipinski definition) is 2. The number of aromatic nitrogens is 3. The van der Waals surface area contributed by atoms with E-state index in [9.17, 15) is 10.2 Å². The third-order valence-corrected chi connectivity index (χ3v) is 4.65. The highest BCUT2D eigenvalue weighted by Crippen LogP contribution is 2.22. The van der Waals surface area contributed by atoms with Crippen molar-refractivity contribution < 1.29 is 10.2 Å². The van der Waals surface area contributed by atoms with Crippen molar-refractivity contribution in [3.8, 4) is 11.8 Å². The highest BCUT2D eigenvalue weighted by atomic mass is 32.2. The summed E-state index contributed by atoms with van der Waals surface area (Å²) in [5, 5.41) is 19.1. The number of benzene rings is 1. The zero-order valence-corrected chi connectivity index (χ0v) is 13.0. The first-order valence-corrected chi connectivity index (χ1v) is 8.33. The Morgan fingerprint density at radius 3 is 2.55 bits per heavy atom. The van der Waals surface area contributed by atoms with Gasteiger partial charge in [0.15, 0.2) is 11.8 Å². The van der Waals surface area contributed by atoms with Crippen molar-refractivity contribution >= 4 is 23.0 Å². The molecule has 6 heteroatoms. The van der Waals surface area contributed by atoms with Gasteiger partial charge in [-0.25, -0.2) is 4.98 Å². The number of aromatic hydroxyl groups is 2. The highest BCUT2D eigenvalue weighted by molar-refractivity contribution is 7.97. The normalized spacial score (nSPS) is 11.3. The summed E-state index contributed by atoms with van der Waals surface area (Å²) in [7, 11) is 0. The molecule has 3 rings (SSSR count). The van der Waals surface area contributed by atoms with Crippen molar-refractivity contribution in [1.82, 2.24) is 13.5 Å². The molecular weight excluding hydrogens is 298 g/mol. The zero-order valence-electron chi connectivity index (χ0n) is 12.2. The van der Waals surface area contributed by atoms with E-state index in [2.05, 4.69) is 15.0 Å². The maximum Gasteiger partial charge on any atom is 0.193 e. The Balaban J connectivity index is 1.41. The first-order valence-electron chi connectivity index (χ1n) is 7.38. The molecule has 0 saturated carbocycles. The Hall–Kier alpha value is -2.08. The zero-order chi connectivity index (χ0) is 15.4. The highest BCUT2D eigenvalue weighted by Gasteiger charge is 2.05. The van der Waals surface area contributed by atoms with Crippen molar-refractivity contribution in [2.24, 2.45) is 0 Å². The van der Waals surface area contributed by atoms with Crippen LogP contribution in [-0.4, -0.2) is 29.5 Å². The van der Waals surface area contributed by atoms with E-state index in [0.29, 0.717) is 6.54 Å². The average molecular weight is 317 g/mol. The van der Waals surface area contributed by atoms with Crippen LogP contribution in [0.1, 0.15) is 19.3 Å². The molecule has 0 amide bonds. The van der Waals surface area contributed by atoms with Crippen LogP contribution >= 0.6 is 11.9 Å². The van der Waals surface area contributed by atoms with Gasteiger partial charge in [0.2, 0.25) is 0 Å². The quantitative estimate of drug-likeness (QED) is 0.653. The monoisotopic (exact) mass is 317 g/mol. The van der Waals surface area contributed by atoms with Crippen LogP contribution in [0.3, 0.4) is 0 Å². The largest absolute Gasteiger partial charge is 0.494 e. The Morgan fingerprint density at radius 1 is 0.955 bits per heavy atom. The second kappa shape index (κ2) is 6.79. The molecule has 3 aromatic rings. The molecule has 0 atom stereocenters. The van der Waals surface area contributed by atoms with Gasteiger partial charge < -0.3 is 10.2 Å². The summed E-state index contributed by atoms with van der Waals surface area (Å²) >= 11 is 1.76. The van der Waals surface area contributed by atoms with Gasteiger partial charge in [-0.3, -0.25) is 8.54 Å². The summed E-state index contributed by atoms with van der Waals surface area (Å²) in [6.45, 7) is 0.642. The first kappa shape index (κ1) is 14.8. The molecule has 0 saturated heterocycles. The lowest BCUT2D eigenvalue weighted by atomic mass is 10.2. The van der Waals surface area contributed by atoms with Crippen molar-refractivity contribution in [3.63, 3.8) is 0 Å².